The molecule has 19 heavy (non-hydrogen) atoms. The Morgan fingerprint density at radius 1 is 1.37 bits per heavy atom. The molecular weight excluding hydrogens is 282 g/mol. The summed E-state index contributed by atoms with van der Waals surface area (Å²) in [7, 11) is -1.64. The van der Waals surface area contributed by atoms with Crippen molar-refractivity contribution in [3.63, 3.8) is 0 Å². The quantitative estimate of drug-likeness (QED) is 0.839. The summed E-state index contributed by atoms with van der Waals surface area (Å²) in [6.45, 7) is 4.12. The molecule has 2 heterocycles. The van der Waals surface area contributed by atoms with Crippen LogP contribution in [0.5, 0.6) is 0 Å². The Morgan fingerprint density at radius 3 is 2.63 bits per heavy atom. The van der Waals surface area contributed by atoms with E-state index in [4.69, 9.17) is 4.74 Å². The molecular formula is C13H21NO3S2. The lowest BCUT2D eigenvalue weighted by Gasteiger charge is -2.26. The van der Waals surface area contributed by atoms with Gasteiger partial charge < -0.3 is 4.74 Å². The summed E-state index contributed by atoms with van der Waals surface area (Å²) < 4.78 is 32.1. The van der Waals surface area contributed by atoms with Gasteiger partial charge in [-0.25, -0.2) is 8.42 Å². The summed E-state index contributed by atoms with van der Waals surface area (Å²) in [6, 6.07) is 3.62. The van der Waals surface area contributed by atoms with Gasteiger partial charge in [0, 0.05) is 31.7 Å². The highest BCUT2D eigenvalue weighted by Gasteiger charge is 2.26. The van der Waals surface area contributed by atoms with E-state index in [1.807, 2.05) is 13.0 Å². The lowest BCUT2D eigenvalue weighted by atomic mass is 10.0. The smallest absolute Gasteiger partial charge is 0.252 e. The molecule has 4 nitrogen and oxygen atoms in total. The fourth-order valence-electron chi connectivity index (χ4n) is 2.23. The normalized spacial score (nSPS) is 18.1. The molecule has 1 aliphatic heterocycles. The van der Waals surface area contributed by atoms with Gasteiger partial charge in [-0.3, -0.25) is 0 Å². The van der Waals surface area contributed by atoms with Crippen LogP contribution in [-0.4, -0.2) is 39.5 Å². The maximum absolute atomic E-state index is 12.4. The zero-order valence-electron chi connectivity index (χ0n) is 11.5. The first-order valence-electron chi connectivity index (χ1n) is 6.67. The van der Waals surface area contributed by atoms with Crippen molar-refractivity contribution < 1.29 is 13.2 Å². The Morgan fingerprint density at radius 2 is 2.05 bits per heavy atom. The van der Waals surface area contributed by atoms with Crippen LogP contribution >= 0.6 is 11.3 Å². The first-order valence-corrected chi connectivity index (χ1v) is 8.92. The van der Waals surface area contributed by atoms with Crippen LogP contribution in [0.15, 0.2) is 16.3 Å². The summed E-state index contributed by atoms with van der Waals surface area (Å²) in [5, 5.41) is 0. The number of hydrogen-bond acceptors (Lipinski definition) is 4. The zero-order valence-corrected chi connectivity index (χ0v) is 13.1. The molecule has 0 bridgehead atoms. The summed E-state index contributed by atoms with van der Waals surface area (Å²) in [5.41, 5.74) is 0. The average Bonchev–Trinajstić information content (AvgIpc) is 2.89. The maximum Gasteiger partial charge on any atom is 0.252 e. The third kappa shape index (κ3) is 3.56. The molecule has 0 spiro atoms. The second-order valence-electron chi connectivity index (χ2n) is 4.92. The molecule has 108 valence electrons. The third-order valence-electron chi connectivity index (χ3n) is 3.51. The van der Waals surface area contributed by atoms with Crippen molar-refractivity contribution in [1.82, 2.24) is 4.31 Å². The molecule has 0 N–H and O–H groups in total. The molecule has 0 saturated carbocycles. The van der Waals surface area contributed by atoms with Crippen molar-refractivity contribution in [3.05, 3.63) is 17.0 Å². The molecule has 6 heteroatoms. The second kappa shape index (κ2) is 6.35. The molecule has 0 atom stereocenters. The van der Waals surface area contributed by atoms with Gasteiger partial charge in [0.1, 0.15) is 4.21 Å². The van der Waals surface area contributed by atoms with Crippen LogP contribution in [0, 0.1) is 5.92 Å². The highest BCUT2D eigenvalue weighted by molar-refractivity contribution is 7.91. The van der Waals surface area contributed by atoms with E-state index in [0.29, 0.717) is 16.7 Å². The number of sulfonamides is 1. The monoisotopic (exact) mass is 303 g/mol. The SMILES string of the molecule is CCc1ccc(S(=O)(=O)N(C)CC2CCOCC2)s1. The predicted molar refractivity (Wildman–Crippen MR) is 77.1 cm³/mol. The number of ether oxygens (including phenoxy) is 1. The van der Waals surface area contributed by atoms with Crippen LogP contribution in [-0.2, 0) is 21.2 Å². The van der Waals surface area contributed by atoms with Crippen molar-refractivity contribution in [3.8, 4) is 0 Å². The number of aryl methyl sites for hydroxylation is 1. The van der Waals surface area contributed by atoms with E-state index in [0.717, 1.165) is 37.4 Å². The van der Waals surface area contributed by atoms with Crippen molar-refractivity contribution in [2.24, 2.45) is 5.92 Å². The highest BCUT2D eigenvalue weighted by atomic mass is 32.2. The lowest BCUT2D eigenvalue weighted by molar-refractivity contribution is 0.0620. The number of nitrogens with zero attached hydrogens (tertiary/aromatic N) is 1. The van der Waals surface area contributed by atoms with Gasteiger partial charge >= 0.3 is 0 Å². The van der Waals surface area contributed by atoms with E-state index in [1.54, 1.807) is 13.1 Å². The molecule has 1 fully saturated rings. The fraction of sp³-hybridized carbons (Fsp3) is 0.692. The van der Waals surface area contributed by atoms with E-state index in [2.05, 4.69) is 0 Å². The van der Waals surface area contributed by atoms with Crippen molar-refractivity contribution >= 4 is 21.4 Å². The Balaban J connectivity index is 2.05. The predicted octanol–water partition coefficient (Wildman–Crippen LogP) is 2.36. The minimum atomic E-state index is -3.32. The number of rotatable bonds is 5. The molecule has 1 aromatic heterocycles. The minimum Gasteiger partial charge on any atom is -0.381 e. The summed E-state index contributed by atoms with van der Waals surface area (Å²) in [6.07, 6.45) is 2.78. The van der Waals surface area contributed by atoms with Gasteiger partial charge in [0.05, 0.1) is 0 Å². The Hall–Kier alpha value is -0.430. The van der Waals surface area contributed by atoms with Crippen LogP contribution in [0.3, 0.4) is 0 Å². The molecule has 0 aromatic carbocycles. The molecule has 0 amide bonds. The molecule has 1 aliphatic rings. The molecule has 0 aliphatic carbocycles. The van der Waals surface area contributed by atoms with Gasteiger partial charge in [0.15, 0.2) is 0 Å². The largest absolute Gasteiger partial charge is 0.381 e. The molecule has 0 radical (unpaired) electrons. The average molecular weight is 303 g/mol. The van der Waals surface area contributed by atoms with Crippen molar-refractivity contribution in [1.29, 1.82) is 0 Å². The van der Waals surface area contributed by atoms with Gasteiger partial charge in [0.2, 0.25) is 0 Å². The van der Waals surface area contributed by atoms with E-state index in [-0.39, 0.29) is 0 Å². The van der Waals surface area contributed by atoms with E-state index >= 15 is 0 Å². The minimum absolute atomic E-state index is 0.416. The molecule has 1 aromatic rings. The standard InChI is InChI=1S/C13H21NO3S2/c1-3-12-4-5-13(18-12)19(15,16)14(2)10-11-6-8-17-9-7-11/h4-5,11H,3,6-10H2,1-2H3. The number of thiophene rings is 1. The van der Waals surface area contributed by atoms with Crippen LogP contribution in [0.1, 0.15) is 24.6 Å². The van der Waals surface area contributed by atoms with Gasteiger partial charge in [-0.15, -0.1) is 11.3 Å². The van der Waals surface area contributed by atoms with E-state index < -0.39 is 10.0 Å². The van der Waals surface area contributed by atoms with Crippen LogP contribution in [0.4, 0.5) is 0 Å². The second-order valence-corrected chi connectivity index (χ2v) is 8.36. The first-order chi connectivity index (χ1) is 9.04. The lowest BCUT2D eigenvalue weighted by Crippen LogP contribution is -2.33. The van der Waals surface area contributed by atoms with Gasteiger partial charge in [-0.05, 0) is 37.3 Å². The van der Waals surface area contributed by atoms with Gasteiger partial charge in [-0.2, -0.15) is 4.31 Å². The zero-order chi connectivity index (χ0) is 13.9. The van der Waals surface area contributed by atoms with Gasteiger partial charge in [-0.1, -0.05) is 6.92 Å². The van der Waals surface area contributed by atoms with Crippen LogP contribution in [0.2, 0.25) is 0 Å². The maximum atomic E-state index is 12.4. The van der Waals surface area contributed by atoms with E-state index in [1.165, 1.54) is 15.6 Å². The highest BCUT2D eigenvalue weighted by Crippen LogP contribution is 2.26. The Kier molecular flexibility index (Phi) is 5.00. The Bertz CT molecular complexity index is 504. The Labute approximate surface area is 119 Å². The summed E-state index contributed by atoms with van der Waals surface area (Å²) in [5.74, 6) is 0.416. The number of hydrogen-bond donors (Lipinski definition) is 0. The molecule has 2 rings (SSSR count). The first kappa shape index (κ1) is 15.0. The van der Waals surface area contributed by atoms with Crippen LogP contribution < -0.4 is 0 Å². The molecule has 1 saturated heterocycles. The molecule has 0 unspecified atom stereocenters. The van der Waals surface area contributed by atoms with Crippen LogP contribution in [0.25, 0.3) is 0 Å². The van der Waals surface area contributed by atoms with Crippen molar-refractivity contribution in [2.45, 2.75) is 30.4 Å². The van der Waals surface area contributed by atoms with E-state index in [9.17, 15) is 8.42 Å². The fourth-order valence-corrected chi connectivity index (χ4v) is 4.98. The topological polar surface area (TPSA) is 46.6 Å². The summed E-state index contributed by atoms with van der Waals surface area (Å²) in [4.78, 5) is 1.11. The van der Waals surface area contributed by atoms with Gasteiger partial charge in [0.25, 0.3) is 10.0 Å². The van der Waals surface area contributed by atoms with Crippen molar-refractivity contribution in [2.75, 3.05) is 26.8 Å². The third-order valence-corrected chi connectivity index (χ3v) is 7.03. The summed E-state index contributed by atoms with van der Waals surface area (Å²) >= 11 is 1.38.